The molecule has 2 rings (SSSR count). The van der Waals surface area contributed by atoms with E-state index in [9.17, 15) is 8.78 Å². The van der Waals surface area contributed by atoms with Gasteiger partial charge in [-0.2, -0.15) is 8.78 Å². The Labute approximate surface area is 127 Å². The van der Waals surface area contributed by atoms with Gasteiger partial charge in [-0.15, -0.1) is 11.3 Å². The second-order valence-electron chi connectivity index (χ2n) is 5.88. The molecular formula is C16H19F2NOS. The molecule has 2 nitrogen and oxygen atoms in total. The van der Waals surface area contributed by atoms with Crippen LogP contribution in [0, 0.1) is 0 Å². The summed E-state index contributed by atoms with van der Waals surface area (Å²) in [4.78, 5) is 2.33. The monoisotopic (exact) mass is 311 g/mol. The lowest BCUT2D eigenvalue weighted by Crippen LogP contribution is -2.11. The number of thiophene rings is 1. The normalized spacial score (nSPS) is 13.5. The Morgan fingerprint density at radius 3 is 2.14 bits per heavy atom. The maximum atomic E-state index is 12.1. The lowest BCUT2D eigenvalue weighted by molar-refractivity contribution is -0.0498. The van der Waals surface area contributed by atoms with Crippen LogP contribution in [0.2, 0.25) is 0 Å². The molecule has 0 saturated heterocycles. The Bertz CT molecular complexity index is 587. The molecule has 1 aromatic carbocycles. The Morgan fingerprint density at radius 2 is 1.67 bits per heavy atom. The van der Waals surface area contributed by atoms with Crippen LogP contribution < -0.4 is 10.5 Å². The average molecular weight is 311 g/mol. The van der Waals surface area contributed by atoms with Crippen molar-refractivity contribution in [3.05, 3.63) is 51.7 Å². The Morgan fingerprint density at radius 1 is 1.05 bits per heavy atom. The fraction of sp³-hybridized carbons (Fsp3) is 0.375. The molecule has 0 bridgehead atoms. The summed E-state index contributed by atoms with van der Waals surface area (Å²) >= 11 is 1.68. The highest BCUT2D eigenvalue weighted by Crippen LogP contribution is 2.34. The summed E-state index contributed by atoms with van der Waals surface area (Å²) in [5, 5.41) is 0. The summed E-state index contributed by atoms with van der Waals surface area (Å²) < 4.78 is 28.6. The maximum Gasteiger partial charge on any atom is 0.387 e. The van der Waals surface area contributed by atoms with E-state index >= 15 is 0 Å². The van der Waals surface area contributed by atoms with E-state index in [0.29, 0.717) is 0 Å². The number of benzene rings is 1. The molecule has 114 valence electrons. The molecule has 1 atom stereocenters. The van der Waals surface area contributed by atoms with Crippen LogP contribution in [-0.2, 0) is 5.41 Å². The highest BCUT2D eigenvalue weighted by Gasteiger charge is 2.19. The van der Waals surface area contributed by atoms with Crippen molar-refractivity contribution in [3.8, 4) is 5.75 Å². The van der Waals surface area contributed by atoms with Gasteiger partial charge < -0.3 is 10.5 Å². The molecule has 0 saturated carbocycles. The Hall–Kier alpha value is -1.46. The first-order valence-electron chi connectivity index (χ1n) is 6.68. The highest BCUT2D eigenvalue weighted by molar-refractivity contribution is 7.12. The van der Waals surface area contributed by atoms with Crippen LogP contribution in [0.3, 0.4) is 0 Å². The van der Waals surface area contributed by atoms with Crippen molar-refractivity contribution in [2.75, 3.05) is 0 Å². The van der Waals surface area contributed by atoms with Crippen molar-refractivity contribution >= 4 is 11.3 Å². The molecule has 1 aromatic heterocycles. The smallest absolute Gasteiger partial charge is 0.387 e. The van der Waals surface area contributed by atoms with E-state index in [4.69, 9.17) is 5.73 Å². The SMILES string of the molecule is CC(C)(C)c1ccc(C(N)c2ccc(OC(F)F)cc2)s1. The minimum Gasteiger partial charge on any atom is -0.435 e. The summed E-state index contributed by atoms with van der Waals surface area (Å²) in [6.07, 6.45) is 0. The molecule has 0 radical (unpaired) electrons. The minimum atomic E-state index is -2.81. The molecule has 2 N–H and O–H groups in total. The molecule has 0 fully saturated rings. The van der Waals surface area contributed by atoms with E-state index in [1.165, 1.54) is 17.0 Å². The van der Waals surface area contributed by atoms with Crippen molar-refractivity contribution in [3.63, 3.8) is 0 Å². The van der Waals surface area contributed by atoms with Crippen LogP contribution in [0.15, 0.2) is 36.4 Å². The second kappa shape index (κ2) is 6.12. The fourth-order valence-electron chi connectivity index (χ4n) is 1.94. The van der Waals surface area contributed by atoms with Gasteiger partial charge in [-0.25, -0.2) is 0 Å². The van der Waals surface area contributed by atoms with Crippen LogP contribution in [0.4, 0.5) is 8.78 Å². The van der Waals surface area contributed by atoms with Gasteiger partial charge in [-0.1, -0.05) is 32.9 Å². The van der Waals surface area contributed by atoms with Crippen LogP contribution in [-0.4, -0.2) is 6.61 Å². The van der Waals surface area contributed by atoms with Gasteiger partial charge in [0.05, 0.1) is 6.04 Å². The number of alkyl halides is 2. The zero-order valence-corrected chi connectivity index (χ0v) is 13.1. The zero-order valence-electron chi connectivity index (χ0n) is 12.3. The second-order valence-corrected chi connectivity index (χ2v) is 6.99. The van der Waals surface area contributed by atoms with Gasteiger partial charge in [-0.05, 0) is 35.2 Å². The van der Waals surface area contributed by atoms with Crippen molar-refractivity contribution < 1.29 is 13.5 Å². The van der Waals surface area contributed by atoms with Crippen LogP contribution in [0.25, 0.3) is 0 Å². The van der Waals surface area contributed by atoms with Gasteiger partial charge in [0.2, 0.25) is 0 Å². The van der Waals surface area contributed by atoms with E-state index in [2.05, 4.69) is 31.6 Å². The number of halogens is 2. The number of rotatable bonds is 4. The lowest BCUT2D eigenvalue weighted by Gasteiger charge is -2.16. The van der Waals surface area contributed by atoms with Gasteiger partial charge in [0.25, 0.3) is 0 Å². The third-order valence-corrected chi connectivity index (χ3v) is 4.73. The average Bonchev–Trinajstić information content (AvgIpc) is 2.87. The third-order valence-electron chi connectivity index (χ3n) is 3.14. The fourth-order valence-corrected chi connectivity index (χ4v) is 3.04. The molecule has 1 unspecified atom stereocenters. The van der Waals surface area contributed by atoms with Crippen LogP contribution >= 0.6 is 11.3 Å². The lowest BCUT2D eigenvalue weighted by atomic mass is 9.95. The van der Waals surface area contributed by atoms with Gasteiger partial charge in [0, 0.05) is 9.75 Å². The standard InChI is InChI=1S/C16H19F2NOS/c1-16(2,3)13-9-8-12(21-13)14(19)10-4-6-11(7-5-10)20-15(17)18/h4-9,14-15H,19H2,1-3H3. The first-order chi connectivity index (χ1) is 9.77. The number of nitrogens with two attached hydrogens (primary N) is 1. The number of ether oxygens (including phenoxy) is 1. The largest absolute Gasteiger partial charge is 0.435 e. The van der Waals surface area contributed by atoms with E-state index in [-0.39, 0.29) is 17.2 Å². The van der Waals surface area contributed by atoms with Gasteiger partial charge in [-0.3, -0.25) is 0 Å². The van der Waals surface area contributed by atoms with Gasteiger partial charge >= 0.3 is 6.61 Å². The Kier molecular flexibility index (Phi) is 4.64. The summed E-state index contributed by atoms with van der Waals surface area (Å²) in [5.74, 6) is 0.141. The molecule has 21 heavy (non-hydrogen) atoms. The highest BCUT2D eigenvalue weighted by atomic mass is 32.1. The summed E-state index contributed by atoms with van der Waals surface area (Å²) in [7, 11) is 0. The van der Waals surface area contributed by atoms with Crippen molar-refractivity contribution in [2.24, 2.45) is 5.73 Å². The minimum absolute atomic E-state index is 0.0948. The summed E-state index contributed by atoms with van der Waals surface area (Å²) in [5.41, 5.74) is 7.21. The predicted molar refractivity (Wildman–Crippen MR) is 82.1 cm³/mol. The molecule has 2 aromatic rings. The summed E-state index contributed by atoms with van der Waals surface area (Å²) in [6.45, 7) is 3.66. The number of hydrogen-bond donors (Lipinski definition) is 1. The molecule has 1 heterocycles. The quantitative estimate of drug-likeness (QED) is 0.888. The van der Waals surface area contributed by atoms with E-state index in [1.54, 1.807) is 23.5 Å². The van der Waals surface area contributed by atoms with E-state index in [0.717, 1.165) is 10.4 Å². The van der Waals surface area contributed by atoms with Gasteiger partial charge in [0.15, 0.2) is 0 Å². The third kappa shape index (κ3) is 4.02. The molecule has 0 spiro atoms. The molecule has 5 heteroatoms. The predicted octanol–water partition coefficient (Wildman–Crippen LogP) is 4.70. The van der Waals surface area contributed by atoms with Gasteiger partial charge in [0.1, 0.15) is 5.75 Å². The van der Waals surface area contributed by atoms with Crippen LogP contribution in [0.1, 0.15) is 42.1 Å². The first kappa shape index (κ1) is 15.9. The summed E-state index contributed by atoms with van der Waals surface area (Å²) in [6, 6.07) is 10.3. The molecule has 0 aliphatic heterocycles. The van der Waals surface area contributed by atoms with E-state index in [1.807, 2.05) is 6.07 Å². The molecule has 0 aliphatic rings. The topological polar surface area (TPSA) is 35.2 Å². The molecule has 0 aliphatic carbocycles. The van der Waals surface area contributed by atoms with Crippen molar-refractivity contribution in [1.82, 2.24) is 0 Å². The Balaban J connectivity index is 2.16. The number of hydrogen-bond acceptors (Lipinski definition) is 3. The van der Waals surface area contributed by atoms with Crippen LogP contribution in [0.5, 0.6) is 5.75 Å². The maximum absolute atomic E-state index is 12.1. The van der Waals surface area contributed by atoms with Crippen molar-refractivity contribution in [2.45, 2.75) is 38.8 Å². The first-order valence-corrected chi connectivity index (χ1v) is 7.49. The molecule has 0 amide bonds. The molecular weight excluding hydrogens is 292 g/mol. The zero-order chi connectivity index (χ0) is 15.6. The van der Waals surface area contributed by atoms with Crippen molar-refractivity contribution in [1.29, 1.82) is 0 Å². The van der Waals surface area contributed by atoms with E-state index < -0.39 is 6.61 Å².